The van der Waals surface area contributed by atoms with Crippen LogP contribution in [-0.4, -0.2) is 47.4 Å². The van der Waals surface area contributed by atoms with E-state index in [2.05, 4.69) is 21.3 Å². The third-order valence-electron chi connectivity index (χ3n) is 5.22. The number of nitrogens with zero attached hydrogens (tertiary/aromatic N) is 3. The van der Waals surface area contributed by atoms with E-state index in [4.69, 9.17) is 0 Å². The molecule has 1 aromatic rings. The summed E-state index contributed by atoms with van der Waals surface area (Å²) in [7, 11) is 0. The van der Waals surface area contributed by atoms with Crippen LogP contribution in [0.5, 0.6) is 0 Å². The Morgan fingerprint density at radius 1 is 1.30 bits per heavy atom. The number of anilines is 1. The average molecular weight is 314 g/mol. The lowest BCUT2D eigenvalue weighted by molar-refractivity contribution is -0.144. The average Bonchev–Trinajstić information content (AvgIpc) is 2.96. The number of aromatic nitrogens is 1. The molecule has 4 rings (SSSR count). The zero-order valence-corrected chi connectivity index (χ0v) is 13.2. The molecule has 0 spiro atoms. The van der Waals surface area contributed by atoms with Crippen LogP contribution >= 0.6 is 0 Å². The molecule has 23 heavy (non-hydrogen) atoms. The molecule has 2 amide bonds. The highest BCUT2D eigenvalue weighted by molar-refractivity contribution is 6.00. The Morgan fingerprint density at radius 2 is 2.22 bits per heavy atom. The molecule has 0 saturated carbocycles. The summed E-state index contributed by atoms with van der Waals surface area (Å²) in [5, 5.41) is 2.82. The first-order chi connectivity index (χ1) is 11.2. The molecular weight excluding hydrogens is 292 g/mol. The maximum atomic E-state index is 12.9. The summed E-state index contributed by atoms with van der Waals surface area (Å²) >= 11 is 0. The van der Waals surface area contributed by atoms with Gasteiger partial charge in [0.15, 0.2) is 0 Å². The van der Waals surface area contributed by atoms with Gasteiger partial charge in [0.1, 0.15) is 5.92 Å². The Bertz CT molecular complexity index is 633. The number of carbonyl (C=O) groups is 2. The highest BCUT2D eigenvalue weighted by Crippen LogP contribution is 2.32. The lowest BCUT2D eigenvalue weighted by atomic mass is 9.96. The van der Waals surface area contributed by atoms with Crippen molar-refractivity contribution in [2.24, 2.45) is 5.92 Å². The van der Waals surface area contributed by atoms with E-state index in [0.717, 1.165) is 37.2 Å². The Kier molecular flexibility index (Phi) is 3.67. The number of amides is 2. The molecule has 0 radical (unpaired) electrons. The molecule has 0 aliphatic carbocycles. The Labute approximate surface area is 135 Å². The molecule has 3 aliphatic rings. The van der Waals surface area contributed by atoms with Crippen molar-refractivity contribution in [3.8, 4) is 0 Å². The predicted molar refractivity (Wildman–Crippen MR) is 85.8 cm³/mol. The van der Waals surface area contributed by atoms with Crippen molar-refractivity contribution in [2.75, 3.05) is 24.5 Å². The van der Waals surface area contributed by atoms with Crippen LogP contribution in [0.2, 0.25) is 0 Å². The minimum Gasteiger partial charge on any atom is -0.365 e. The summed E-state index contributed by atoms with van der Waals surface area (Å²) in [6.07, 6.45) is 5.55. The van der Waals surface area contributed by atoms with Crippen molar-refractivity contribution in [1.82, 2.24) is 15.2 Å². The van der Waals surface area contributed by atoms with E-state index in [0.29, 0.717) is 32.1 Å². The van der Waals surface area contributed by atoms with E-state index >= 15 is 0 Å². The SMILES string of the molecule is O=C1NCCCC1C(=O)N1Cc2ncccc2N2CCC[C@H]2C1. The van der Waals surface area contributed by atoms with Gasteiger partial charge in [-0.2, -0.15) is 0 Å². The first-order valence-corrected chi connectivity index (χ1v) is 8.51. The zero-order valence-electron chi connectivity index (χ0n) is 13.2. The first-order valence-electron chi connectivity index (χ1n) is 8.51. The summed E-state index contributed by atoms with van der Waals surface area (Å²) < 4.78 is 0. The van der Waals surface area contributed by atoms with E-state index in [1.54, 1.807) is 6.20 Å². The number of hydrogen-bond acceptors (Lipinski definition) is 4. The second kappa shape index (κ2) is 5.83. The zero-order chi connectivity index (χ0) is 15.8. The molecule has 1 unspecified atom stereocenters. The minimum absolute atomic E-state index is 0.0347. The van der Waals surface area contributed by atoms with Gasteiger partial charge in [0.05, 0.1) is 17.9 Å². The van der Waals surface area contributed by atoms with Gasteiger partial charge in [-0.05, 0) is 37.8 Å². The third-order valence-corrected chi connectivity index (χ3v) is 5.22. The molecule has 6 heteroatoms. The lowest BCUT2D eigenvalue weighted by Gasteiger charge is -2.30. The quantitative estimate of drug-likeness (QED) is 0.783. The highest BCUT2D eigenvalue weighted by Gasteiger charge is 2.38. The molecule has 2 saturated heterocycles. The smallest absolute Gasteiger partial charge is 0.235 e. The van der Waals surface area contributed by atoms with E-state index in [1.807, 2.05) is 11.0 Å². The van der Waals surface area contributed by atoms with Gasteiger partial charge >= 0.3 is 0 Å². The normalized spacial score (nSPS) is 27.0. The molecule has 3 aliphatic heterocycles. The number of carbonyl (C=O) groups excluding carboxylic acids is 2. The number of rotatable bonds is 1. The van der Waals surface area contributed by atoms with Crippen molar-refractivity contribution in [2.45, 2.75) is 38.3 Å². The van der Waals surface area contributed by atoms with Crippen LogP contribution in [0.1, 0.15) is 31.4 Å². The summed E-state index contributed by atoms with van der Waals surface area (Å²) in [6.45, 7) is 2.91. The number of hydrogen-bond donors (Lipinski definition) is 1. The summed E-state index contributed by atoms with van der Waals surface area (Å²) in [4.78, 5) is 33.7. The third kappa shape index (κ3) is 2.56. The molecule has 0 aromatic carbocycles. The summed E-state index contributed by atoms with van der Waals surface area (Å²) in [5.41, 5.74) is 2.10. The second-order valence-corrected chi connectivity index (χ2v) is 6.66. The molecule has 1 aromatic heterocycles. The molecule has 6 nitrogen and oxygen atoms in total. The number of piperidine rings is 1. The van der Waals surface area contributed by atoms with Gasteiger partial charge in [0.25, 0.3) is 0 Å². The van der Waals surface area contributed by atoms with Crippen molar-refractivity contribution in [3.63, 3.8) is 0 Å². The maximum Gasteiger partial charge on any atom is 0.235 e. The molecule has 122 valence electrons. The molecule has 2 fully saturated rings. The fraction of sp³-hybridized carbons (Fsp3) is 0.588. The van der Waals surface area contributed by atoms with Gasteiger partial charge in [-0.15, -0.1) is 0 Å². The Balaban J connectivity index is 1.62. The fourth-order valence-corrected chi connectivity index (χ4v) is 4.05. The number of fused-ring (bicyclic) bond motifs is 3. The van der Waals surface area contributed by atoms with Gasteiger partial charge in [0, 0.05) is 31.9 Å². The summed E-state index contributed by atoms with van der Waals surface area (Å²) in [6, 6.07) is 4.40. The summed E-state index contributed by atoms with van der Waals surface area (Å²) in [5.74, 6) is -0.675. The van der Waals surface area contributed by atoms with E-state index in [9.17, 15) is 9.59 Å². The van der Waals surface area contributed by atoms with Crippen LogP contribution in [0, 0.1) is 5.92 Å². The topological polar surface area (TPSA) is 65.5 Å². The van der Waals surface area contributed by atoms with Gasteiger partial charge in [-0.1, -0.05) is 0 Å². The molecule has 4 heterocycles. The van der Waals surface area contributed by atoms with Crippen molar-refractivity contribution in [3.05, 3.63) is 24.0 Å². The van der Waals surface area contributed by atoms with Gasteiger partial charge in [-0.25, -0.2) is 0 Å². The van der Waals surface area contributed by atoms with Gasteiger partial charge < -0.3 is 15.1 Å². The van der Waals surface area contributed by atoms with Gasteiger partial charge in [0.2, 0.25) is 11.8 Å². The second-order valence-electron chi connectivity index (χ2n) is 6.66. The van der Waals surface area contributed by atoms with E-state index in [1.165, 1.54) is 0 Å². The van der Waals surface area contributed by atoms with Crippen molar-refractivity contribution in [1.29, 1.82) is 0 Å². The van der Waals surface area contributed by atoms with Crippen LogP contribution in [-0.2, 0) is 16.1 Å². The number of pyridine rings is 1. The standard InChI is InChI=1S/C17H22N4O2/c22-16-13(5-1-8-19-16)17(23)20-10-12-4-3-9-21(12)15-6-2-7-18-14(15)11-20/h2,6-7,12-13H,1,3-5,8-11H2,(H,19,22)/t12-,13?/m0/s1. The Hall–Kier alpha value is -2.11. The Morgan fingerprint density at radius 3 is 3.09 bits per heavy atom. The van der Waals surface area contributed by atoms with E-state index in [-0.39, 0.29) is 11.8 Å². The largest absolute Gasteiger partial charge is 0.365 e. The number of nitrogens with one attached hydrogen (secondary N) is 1. The monoisotopic (exact) mass is 314 g/mol. The fourth-order valence-electron chi connectivity index (χ4n) is 4.05. The first kappa shape index (κ1) is 14.5. The molecule has 0 bridgehead atoms. The molecular formula is C17H22N4O2. The van der Waals surface area contributed by atoms with E-state index < -0.39 is 5.92 Å². The molecule has 1 N–H and O–H groups in total. The van der Waals surface area contributed by atoms with Crippen molar-refractivity contribution >= 4 is 17.5 Å². The lowest BCUT2D eigenvalue weighted by Crippen LogP contribution is -2.48. The van der Waals surface area contributed by atoms with Crippen LogP contribution in [0.15, 0.2) is 18.3 Å². The van der Waals surface area contributed by atoms with Crippen LogP contribution in [0.4, 0.5) is 5.69 Å². The predicted octanol–water partition coefficient (Wildman–Crippen LogP) is 0.919. The van der Waals surface area contributed by atoms with Crippen molar-refractivity contribution < 1.29 is 9.59 Å². The maximum absolute atomic E-state index is 12.9. The molecule has 2 atom stereocenters. The highest BCUT2D eigenvalue weighted by atomic mass is 16.2. The van der Waals surface area contributed by atoms with Crippen LogP contribution < -0.4 is 10.2 Å². The van der Waals surface area contributed by atoms with Gasteiger partial charge in [-0.3, -0.25) is 14.6 Å². The van der Waals surface area contributed by atoms with Crippen LogP contribution in [0.25, 0.3) is 0 Å². The minimum atomic E-state index is -0.524. The van der Waals surface area contributed by atoms with Crippen LogP contribution in [0.3, 0.4) is 0 Å².